The predicted molar refractivity (Wildman–Crippen MR) is 68.6 cm³/mol. The van der Waals surface area contributed by atoms with Crippen LogP contribution in [-0.2, 0) is 9.53 Å². The van der Waals surface area contributed by atoms with Gasteiger partial charge in [-0.05, 0) is 37.0 Å². The number of carbonyl (C=O) groups is 1. The van der Waals surface area contributed by atoms with Crippen LogP contribution < -0.4 is 0 Å². The summed E-state index contributed by atoms with van der Waals surface area (Å²) in [6.07, 6.45) is 4.61. The van der Waals surface area contributed by atoms with Crippen molar-refractivity contribution in [2.75, 3.05) is 0 Å². The Hall–Kier alpha value is -0.530. The van der Waals surface area contributed by atoms with Gasteiger partial charge in [-0.25, -0.2) is 0 Å². The summed E-state index contributed by atoms with van der Waals surface area (Å²) in [6.45, 7) is 11.0. The molecular formula is C15H26O2. The molecule has 0 aliphatic heterocycles. The highest BCUT2D eigenvalue weighted by Gasteiger charge is 2.62. The highest BCUT2D eigenvalue weighted by molar-refractivity contribution is 5.72. The summed E-state index contributed by atoms with van der Waals surface area (Å²) in [4.78, 5) is 11.9. The minimum Gasteiger partial charge on any atom is -0.462 e. The molecule has 4 unspecified atom stereocenters. The van der Waals surface area contributed by atoms with Gasteiger partial charge in [-0.2, -0.15) is 0 Å². The van der Waals surface area contributed by atoms with Crippen molar-refractivity contribution in [1.29, 1.82) is 0 Å². The number of ether oxygens (including phenoxy) is 1. The van der Waals surface area contributed by atoms with Crippen molar-refractivity contribution >= 4 is 5.97 Å². The molecule has 17 heavy (non-hydrogen) atoms. The standard InChI is InChI=1S/C15H26O2/c1-6-10(2)13(16)17-12-9-11-7-8-15(12,5)14(11,3)4/h10-12H,6-9H2,1-5H3. The molecule has 0 radical (unpaired) electrons. The third kappa shape index (κ3) is 1.71. The van der Waals surface area contributed by atoms with E-state index in [4.69, 9.17) is 4.74 Å². The van der Waals surface area contributed by atoms with Crippen molar-refractivity contribution < 1.29 is 9.53 Å². The fourth-order valence-electron chi connectivity index (χ4n) is 3.73. The number of rotatable bonds is 3. The lowest BCUT2D eigenvalue weighted by Crippen LogP contribution is -2.39. The molecule has 0 spiro atoms. The first-order chi connectivity index (χ1) is 7.83. The van der Waals surface area contributed by atoms with Gasteiger partial charge in [0.05, 0.1) is 5.92 Å². The molecule has 4 atom stereocenters. The van der Waals surface area contributed by atoms with E-state index in [1.54, 1.807) is 0 Å². The van der Waals surface area contributed by atoms with Crippen molar-refractivity contribution in [1.82, 2.24) is 0 Å². The molecule has 2 rings (SSSR count). The molecule has 2 saturated carbocycles. The van der Waals surface area contributed by atoms with Crippen molar-refractivity contribution in [3.63, 3.8) is 0 Å². The Balaban J connectivity index is 2.08. The number of carbonyl (C=O) groups excluding carboxylic acids is 1. The summed E-state index contributed by atoms with van der Waals surface area (Å²) >= 11 is 0. The van der Waals surface area contributed by atoms with Gasteiger partial charge in [0.2, 0.25) is 0 Å². The fraction of sp³-hybridized carbons (Fsp3) is 0.933. The van der Waals surface area contributed by atoms with Crippen LogP contribution in [0, 0.1) is 22.7 Å². The van der Waals surface area contributed by atoms with E-state index in [0.29, 0.717) is 5.41 Å². The molecule has 2 aliphatic carbocycles. The van der Waals surface area contributed by atoms with Gasteiger partial charge in [0.1, 0.15) is 6.10 Å². The number of hydrogen-bond acceptors (Lipinski definition) is 2. The Bertz CT molecular complexity index is 321. The first-order valence-electron chi connectivity index (χ1n) is 7.03. The van der Waals surface area contributed by atoms with Crippen molar-refractivity contribution in [3.05, 3.63) is 0 Å². The molecule has 0 aromatic carbocycles. The average Bonchev–Trinajstić information content (AvgIpc) is 2.60. The van der Waals surface area contributed by atoms with Crippen LogP contribution in [0.25, 0.3) is 0 Å². The second-order valence-corrected chi connectivity index (χ2v) is 6.85. The molecule has 2 heteroatoms. The van der Waals surface area contributed by atoms with Crippen LogP contribution in [0.4, 0.5) is 0 Å². The zero-order chi connectivity index (χ0) is 12.8. The smallest absolute Gasteiger partial charge is 0.308 e. The summed E-state index contributed by atoms with van der Waals surface area (Å²) in [7, 11) is 0. The second-order valence-electron chi connectivity index (χ2n) is 6.85. The molecule has 2 bridgehead atoms. The normalized spacial score (nSPS) is 40.3. The number of fused-ring (bicyclic) bond motifs is 2. The van der Waals surface area contributed by atoms with E-state index in [2.05, 4.69) is 20.8 Å². The minimum atomic E-state index is 0.00192. The van der Waals surface area contributed by atoms with Gasteiger partial charge in [-0.3, -0.25) is 4.79 Å². The SMILES string of the molecule is CCC(C)C(=O)OC1CC2CCC1(C)C2(C)C. The maximum Gasteiger partial charge on any atom is 0.308 e. The van der Waals surface area contributed by atoms with E-state index in [0.717, 1.165) is 18.8 Å². The Morgan fingerprint density at radius 2 is 2.06 bits per heavy atom. The van der Waals surface area contributed by atoms with Gasteiger partial charge in [-0.1, -0.05) is 34.6 Å². The van der Waals surface area contributed by atoms with Crippen LogP contribution >= 0.6 is 0 Å². The Kier molecular flexibility index (Phi) is 3.04. The maximum absolute atomic E-state index is 11.9. The minimum absolute atomic E-state index is 0.00192. The summed E-state index contributed by atoms with van der Waals surface area (Å²) in [5.74, 6) is 0.783. The van der Waals surface area contributed by atoms with Crippen LogP contribution in [0.15, 0.2) is 0 Å². The van der Waals surface area contributed by atoms with Gasteiger partial charge >= 0.3 is 5.97 Å². The first-order valence-corrected chi connectivity index (χ1v) is 7.03. The Morgan fingerprint density at radius 1 is 1.41 bits per heavy atom. The van der Waals surface area contributed by atoms with Gasteiger partial charge in [0.25, 0.3) is 0 Å². The zero-order valence-electron chi connectivity index (χ0n) is 11.9. The van der Waals surface area contributed by atoms with Gasteiger partial charge < -0.3 is 4.74 Å². The zero-order valence-corrected chi connectivity index (χ0v) is 11.9. The molecule has 2 aliphatic rings. The van der Waals surface area contributed by atoms with E-state index in [9.17, 15) is 4.79 Å². The Labute approximate surface area is 105 Å². The van der Waals surface area contributed by atoms with Crippen LogP contribution in [0.5, 0.6) is 0 Å². The van der Waals surface area contributed by atoms with Gasteiger partial charge in [0, 0.05) is 5.41 Å². The molecule has 0 aromatic heterocycles. The van der Waals surface area contributed by atoms with Crippen molar-refractivity contribution in [2.24, 2.45) is 22.7 Å². The lowest BCUT2D eigenvalue weighted by Gasteiger charge is -2.38. The highest BCUT2D eigenvalue weighted by Crippen LogP contribution is 2.66. The molecule has 0 aromatic rings. The fourth-order valence-corrected chi connectivity index (χ4v) is 3.73. The van der Waals surface area contributed by atoms with Gasteiger partial charge in [-0.15, -0.1) is 0 Å². The van der Waals surface area contributed by atoms with E-state index in [1.165, 1.54) is 12.8 Å². The lowest BCUT2D eigenvalue weighted by atomic mass is 9.70. The van der Waals surface area contributed by atoms with Crippen LogP contribution in [0.2, 0.25) is 0 Å². The van der Waals surface area contributed by atoms with Crippen LogP contribution in [0.3, 0.4) is 0 Å². The summed E-state index contributed by atoms with van der Waals surface area (Å²) in [5.41, 5.74) is 0.522. The molecule has 0 amide bonds. The molecular weight excluding hydrogens is 212 g/mol. The first kappa shape index (κ1) is 12.9. The molecule has 0 saturated heterocycles. The largest absolute Gasteiger partial charge is 0.462 e. The molecule has 2 fully saturated rings. The van der Waals surface area contributed by atoms with Crippen LogP contribution in [0.1, 0.15) is 60.3 Å². The quantitative estimate of drug-likeness (QED) is 0.699. The topological polar surface area (TPSA) is 26.3 Å². The van der Waals surface area contributed by atoms with Crippen LogP contribution in [-0.4, -0.2) is 12.1 Å². The molecule has 98 valence electrons. The predicted octanol–water partition coefficient (Wildman–Crippen LogP) is 3.79. The van der Waals surface area contributed by atoms with E-state index in [1.807, 2.05) is 13.8 Å². The van der Waals surface area contributed by atoms with E-state index >= 15 is 0 Å². The van der Waals surface area contributed by atoms with E-state index in [-0.39, 0.29) is 23.4 Å². The molecule has 2 nitrogen and oxygen atoms in total. The number of esters is 1. The highest BCUT2D eigenvalue weighted by atomic mass is 16.5. The van der Waals surface area contributed by atoms with Gasteiger partial charge in [0.15, 0.2) is 0 Å². The molecule has 0 N–H and O–H groups in total. The summed E-state index contributed by atoms with van der Waals surface area (Å²) in [5, 5.41) is 0. The third-order valence-electron chi connectivity index (χ3n) is 5.99. The van der Waals surface area contributed by atoms with Crippen molar-refractivity contribution in [3.8, 4) is 0 Å². The van der Waals surface area contributed by atoms with Crippen molar-refractivity contribution in [2.45, 2.75) is 66.4 Å². The second kappa shape index (κ2) is 4.00. The third-order valence-corrected chi connectivity index (χ3v) is 5.99. The monoisotopic (exact) mass is 238 g/mol. The lowest BCUT2D eigenvalue weighted by molar-refractivity contribution is -0.161. The summed E-state index contributed by atoms with van der Waals surface area (Å²) in [6, 6.07) is 0. The van der Waals surface area contributed by atoms with E-state index < -0.39 is 0 Å². The number of hydrogen-bond donors (Lipinski definition) is 0. The summed E-state index contributed by atoms with van der Waals surface area (Å²) < 4.78 is 5.80. The molecule has 0 heterocycles. The Morgan fingerprint density at radius 3 is 2.47 bits per heavy atom. The average molecular weight is 238 g/mol. The maximum atomic E-state index is 11.9.